The lowest BCUT2D eigenvalue weighted by Gasteiger charge is -1.96. The van der Waals surface area contributed by atoms with Crippen LogP contribution in [0.2, 0.25) is 0 Å². The normalized spacial score (nSPS) is 10.9. The van der Waals surface area contributed by atoms with Crippen LogP contribution in [-0.4, -0.2) is 14.5 Å². The molecule has 12 heavy (non-hydrogen) atoms. The summed E-state index contributed by atoms with van der Waals surface area (Å²) in [6.07, 6.45) is 1.87. The summed E-state index contributed by atoms with van der Waals surface area (Å²) >= 11 is 0. The van der Waals surface area contributed by atoms with Crippen LogP contribution < -0.4 is 0 Å². The van der Waals surface area contributed by atoms with Gasteiger partial charge in [-0.3, -0.25) is 0 Å². The Labute approximate surface area is 71.1 Å². The van der Waals surface area contributed by atoms with E-state index in [0.717, 1.165) is 16.9 Å². The Bertz CT molecular complexity index is 429. The molecule has 0 saturated carbocycles. The van der Waals surface area contributed by atoms with E-state index in [-0.39, 0.29) is 0 Å². The molecule has 0 saturated heterocycles. The maximum atomic E-state index is 4.33. The average Bonchev–Trinajstić information content (AvgIpc) is 2.28. The first-order valence-corrected chi connectivity index (χ1v) is 3.94. The van der Waals surface area contributed by atoms with Crippen molar-refractivity contribution in [1.29, 1.82) is 0 Å². The second-order valence-corrected chi connectivity index (χ2v) is 3.03. The summed E-state index contributed by atoms with van der Waals surface area (Å²) in [6.45, 7) is 3.97. The van der Waals surface area contributed by atoms with E-state index in [1.165, 1.54) is 5.69 Å². The van der Waals surface area contributed by atoms with Gasteiger partial charge < -0.3 is 4.57 Å². The first-order valence-electron chi connectivity index (χ1n) is 3.94. The Morgan fingerprint density at radius 2 is 2.08 bits per heavy atom. The number of hydrogen-bond acceptors (Lipinski definition) is 2. The molecule has 0 aliphatic heterocycles. The van der Waals surface area contributed by atoms with Crippen LogP contribution in [0.15, 0.2) is 12.3 Å². The smallest absolute Gasteiger partial charge is 0.126 e. The van der Waals surface area contributed by atoms with Gasteiger partial charge in [-0.15, -0.1) is 0 Å². The van der Waals surface area contributed by atoms with Crippen LogP contribution in [0.4, 0.5) is 0 Å². The van der Waals surface area contributed by atoms with E-state index in [2.05, 4.69) is 27.5 Å². The van der Waals surface area contributed by atoms with Crippen LogP contribution in [0.5, 0.6) is 0 Å². The Morgan fingerprint density at radius 3 is 2.83 bits per heavy atom. The van der Waals surface area contributed by atoms with Crippen LogP contribution in [0.1, 0.15) is 11.5 Å². The van der Waals surface area contributed by atoms with Gasteiger partial charge in [0.1, 0.15) is 5.82 Å². The molecule has 0 unspecified atom stereocenters. The van der Waals surface area contributed by atoms with E-state index >= 15 is 0 Å². The van der Waals surface area contributed by atoms with Crippen molar-refractivity contribution in [2.45, 2.75) is 13.8 Å². The highest BCUT2D eigenvalue weighted by molar-refractivity contribution is 5.75. The molecule has 0 spiro atoms. The van der Waals surface area contributed by atoms with E-state index in [4.69, 9.17) is 0 Å². The molecule has 2 aromatic rings. The Morgan fingerprint density at radius 1 is 1.33 bits per heavy atom. The molecular weight excluding hydrogens is 150 g/mol. The van der Waals surface area contributed by atoms with Gasteiger partial charge >= 0.3 is 0 Å². The van der Waals surface area contributed by atoms with E-state index in [0.29, 0.717) is 0 Å². The fourth-order valence-electron chi connectivity index (χ4n) is 1.33. The quantitative estimate of drug-likeness (QED) is 0.587. The Balaban J connectivity index is 2.87. The molecule has 3 heteroatoms. The first-order chi connectivity index (χ1) is 5.68. The fourth-order valence-corrected chi connectivity index (χ4v) is 1.33. The zero-order chi connectivity index (χ0) is 8.72. The number of aryl methyl sites for hydroxylation is 3. The second kappa shape index (κ2) is 2.30. The summed E-state index contributed by atoms with van der Waals surface area (Å²) in [6, 6.07) is 2.07. The number of nitrogens with zero attached hydrogens (tertiary/aromatic N) is 3. The van der Waals surface area contributed by atoms with Crippen LogP contribution in [0.25, 0.3) is 11.0 Å². The number of rotatable bonds is 0. The summed E-state index contributed by atoms with van der Waals surface area (Å²) in [7, 11) is 2.02. The topological polar surface area (TPSA) is 30.7 Å². The van der Waals surface area contributed by atoms with E-state index < -0.39 is 0 Å². The Hall–Kier alpha value is -1.38. The molecule has 0 aromatic carbocycles. The van der Waals surface area contributed by atoms with Gasteiger partial charge in [-0.1, -0.05) is 0 Å². The zero-order valence-electron chi connectivity index (χ0n) is 7.50. The van der Waals surface area contributed by atoms with Crippen molar-refractivity contribution in [3.05, 3.63) is 23.8 Å². The molecule has 0 amide bonds. The van der Waals surface area contributed by atoms with E-state index in [9.17, 15) is 0 Å². The predicted molar refractivity (Wildman–Crippen MR) is 48.0 cm³/mol. The number of fused-ring (bicyclic) bond motifs is 1. The largest absolute Gasteiger partial charge is 0.345 e. The third-order valence-corrected chi connectivity index (χ3v) is 2.15. The van der Waals surface area contributed by atoms with Gasteiger partial charge in [-0.2, -0.15) is 0 Å². The molecule has 0 aliphatic carbocycles. The van der Waals surface area contributed by atoms with Crippen molar-refractivity contribution >= 4 is 11.0 Å². The molecule has 2 rings (SSSR count). The third-order valence-electron chi connectivity index (χ3n) is 2.15. The fraction of sp³-hybridized carbons (Fsp3) is 0.333. The van der Waals surface area contributed by atoms with Gasteiger partial charge in [0.15, 0.2) is 0 Å². The molecule has 62 valence electrons. The minimum Gasteiger partial charge on any atom is -0.345 e. The van der Waals surface area contributed by atoms with E-state index in [1.54, 1.807) is 0 Å². The summed E-state index contributed by atoms with van der Waals surface area (Å²) in [5, 5.41) is 0. The van der Waals surface area contributed by atoms with Gasteiger partial charge in [0.2, 0.25) is 0 Å². The SMILES string of the molecule is Cc1ncc2c(cc(C)n2C)n1. The van der Waals surface area contributed by atoms with Crippen molar-refractivity contribution < 1.29 is 0 Å². The molecule has 2 aromatic heterocycles. The summed E-state index contributed by atoms with van der Waals surface area (Å²) < 4.78 is 2.09. The molecule has 3 nitrogen and oxygen atoms in total. The van der Waals surface area contributed by atoms with Crippen molar-refractivity contribution in [3.63, 3.8) is 0 Å². The molecule has 0 aliphatic rings. The zero-order valence-corrected chi connectivity index (χ0v) is 7.50. The maximum Gasteiger partial charge on any atom is 0.126 e. The molecule has 0 fully saturated rings. The van der Waals surface area contributed by atoms with Crippen molar-refractivity contribution in [2.75, 3.05) is 0 Å². The minimum atomic E-state index is 0.827. The molecule has 0 N–H and O–H groups in total. The standard InChI is InChI=1S/C9H11N3/c1-6-4-8-9(12(6)3)5-10-7(2)11-8/h4-5H,1-3H3. The maximum absolute atomic E-state index is 4.33. The lowest BCUT2D eigenvalue weighted by molar-refractivity contribution is 0.912. The van der Waals surface area contributed by atoms with Crippen molar-refractivity contribution in [3.8, 4) is 0 Å². The van der Waals surface area contributed by atoms with Crippen LogP contribution in [0.3, 0.4) is 0 Å². The van der Waals surface area contributed by atoms with Crippen LogP contribution >= 0.6 is 0 Å². The summed E-state index contributed by atoms with van der Waals surface area (Å²) in [4.78, 5) is 8.47. The average molecular weight is 161 g/mol. The molecule has 0 radical (unpaired) electrons. The van der Waals surface area contributed by atoms with Gasteiger partial charge in [0.05, 0.1) is 17.2 Å². The highest BCUT2D eigenvalue weighted by atomic mass is 15.0. The van der Waals surface area contributed by atoms with Gasteiger partial charge in [-0.25, -0.2) is 9.97 Å². The second-order valence-electron chi connectivity index (χ2n) is 3.03. The molecular formula is C9H11N3. The van der Waals surface area contributed by atoms with Crippen molar-refractivity contribution in [1.82, 2.24) is 14.5 Å². The Kier molecular flexibility index (Phi) is 1.40. The predicted octanol–water partition coefficient (Wildman–Crippen LogP) is 1.59. The highest BCUT2D eigenvalue weighted by Crippen LogP contribution is 2.14. The number of aromatic nitrogens is 3. The van der Waals surface area contributed by atoms with Gasteiger partial charge in [0.25, 0.3) is 0 Å². The molecule has 2 heterocycles. The lowest BCUT2D eigenvalue weighted by Crippen LogP contribution is -1.91. The minimum absolute atomic E-state index is 0.827. The van der Waals surface area contributed by atoms with Gasteiger partial charge in [-0.05, 0) is 19.9 Å². The lowest BCUT2D eigenvalue weighted by atomic mass is 10.4. The summed E-state index contributed by atoms with van der Waals surface area (Å²) in [5.74, 6) is 0.827. The van der Waals surface area contributed by atoms with Crippen LogP contribution in [-0.2, 0) is 7.05 Å². The third kappa shape index (κ3) is 0.897. The van der Waals surface area contributed by atoms with Crippen molar-refractivity contribution in [2.24, 2.45) is 7.05 Å². The summed E-state index contributed by atoms with van der Waals surface area (Å²) in [5.41, 5.74) is 3.34. The van der Waals surface area contributed by atoms with Crippen LogP contribution in [0, 0.1) is 13.8 Å². The highest BCUT2D eigenvalue weighted by Gasteiger charge is 2.02. The molecule has 0 bridgehead atoms. The van der Waals surface area contributed by atoms with E-state index in [1.807, 2.05) is 20.2 Å². The number of hydrogen-bond donors (Lipinski definition) is 0. The van der Waals surface area contributed by atoms with Gasteiger partial charge in [0, 0.05) is 12.7 Å². The first kappa shape index (κ1) is 7.28. The molecule has 0 atom stereocenters. The monoisotopic (exact) mass is 161 g/mol.